The van der Waals surface area contributed by atoms with E-state index >= 15 is 0 Å². The van der Waals surface area contributed by atoms with E-state index in [9.17, 15) is 10.1 Å². The molecule has 0 spiro atoms. The second-order valence-corrected chi connectivity index (χ2v) is 4.73. The third-order valence-corrected chi connectivity index (χ3v) is 3.30. The Kier molecular flexibility index (Phi) is 4.58. The maximum atomic E-state index is 10.6. The molecule has 0 bridgehead atoms. The van der Waals surface area contributed by atoms with Crippen molar-refractivity contribution in [2.75, 3.05) is 0 Å². The SMILES string of the molecule is CCc1cccc(OCc2ccc([N+](=O)[O-])cc2Cl)c1. The lowest BCUT2D eigenvalue weighted by Crippen LogP contribution is -1.98. The van der Waals surface area contributed by atoms with Crippen LogP contribution in [-0.4, -0.2) is 4.92 Å². The lowest BCUT2D eigenvalue weighted by molar-refractivity contribution is -0.384. The molecular formula is C15H14ClNO3. The fourth-order valence-corrected chi connectivity index (χ4v) is 2.01. The fraction of sp³-hybridized carbons (Fsp3) is 0.200. The van der Waals surface area contributed by atoms with Crippen LogP contribution in [0, 0.1) is 10.1 Å². The normalized spacial score (nSPS) is 10.3. The number of hydrogen-bond acceptors (Lipinski definition) is 3. The van der Waals surface area contributed by atoms with Crippen LogP contribution in [0.1, 0.15) is 18.1 Å². The second kappa shape index (κ2) is 6.39. The highest BCUT2D eigenvalue weighted by atomic mass is 35.5. The average molecular weight is 292 g/mol. The van der Waals surface area contributed by atoms with Crippen molar-refractivity contribution in [1.29, 1.82) is 0 Å². The zero-order valence-electron chi connectivity index (χ0n) is 11.0. The molecular weight excluding hydrogens is 278 g/mol. The molecule has 0 unspecified atom stereocenters. The van der Waals surface area contributed by atoms with Crippen molar-refractivity contribution in [1.82, 2.24) is 0 Å². The summed E-state index contributed by atoms with van der Waals surface area (Å²) in [7, 11) is 0. The summed E-state index contributed by atoms with van der Waals surface area (Å²) in [5, 5.41) is 11.0. The molecule has 0 aliphatic heterocycles. The molecule has 0 N–H and O–H groups in total. The van der Waals surface area contributed by atoms with Crippen LogP contribution in [0.25, 0.3) is 0 Å². The van der Waals surface area contributed by atoms with Crippen molar-refractivity contribution >= 4 is 17.3 Å². The van der Waals surface area contributed by atoms with Crippen molar-refractivity contribution in [3.8, 4) is 5.75 Å². The van der Waals surface area contributed by atoms with Crippen LogP contribution < -0.4 is 4.74 Å². The van der Waals surface area contributed by atoms with E-state index in [1.807, 2.05) is 24.3 Å². The summed E-state index contributed by atoms with van der Waals surface area (Å²) < 4.78 is 5.66. The van der Waals surface area contributed by atoms with Crippen molar-refractivity contribution in [3.63, 3.8) is 0 Å². The van der Waals surface area contributed by atoms with Gasteiger partial charge in [-0.15, -0.1) is 0 Å². The number of nitro benzene ring substituents is 1. The van der Waals surface area contributed by atoms with Crippen molar-refractivity contribution in [2.24, 2.45) is 0 Å². The molecule has 4 nitrogen and oxygen atoms in total. The zero-order chi connectivity index (χ0) is 14.5. The van der Waals surface area contributed by atoms with E-state index in [0.717, 1.165) is 17.7 Å². The zero-order valence-corrected chi connectivity index (χ0v) is 11.8. The third-order valence-electron chi connectivity index (χ3n) is 2.95. The van der Waals surface area contributed by atoms with Gasteiger partial charge in [-0.1, -0.05) is 30.7 Å². The molecule has 2 aromatic rings. The molecule has 0 heterocycles. The number of halogens is 1. The van der Waals surface area contributed by atoms with E-state index in [1.54, 1.807) is 6.07 Å². The summed E-state index contributed by atoms with van der Waals surface area (Å²) in [6, 6.07) is 12.2. The Hall–Kier alpha value is -2.07. The van der Waals surface area contributed by atoms with Crippen LogP contribution in [0.5, 0.6) is 5.75 Å². The van der Waals surface area contributed by atoms with Gasteiger partial charge in [-0.2, -0.15) is 0 Å². The maximum Gasteiger partial charge on any atom is 0.270 e. The minimum absolute atomic E-state index is 0.0215. The number of non-ortho nitro benzene ring substituents is 1. The number of benzene rings is 2. The largest absolute Gasteiger partial charge is 0.489 e. The van der Waals surface area contributed by atoms with Gasteiger partial charge in [0.2, 0.25) is 0 Å². The first-order chi connectivity index (χ1) is 9.60. The van der Waals surface area contributed by atoms with Gasteiger partial charge in [-0.25, -0.2) is 0 Å². The third kappa shape index (κ3) is 3.48. The molecule has 0 aliphatic rings. The Balaban J connectivity index is 2.08. The summed E-state index contributed by atoms with van der Waals surface area (Å²) in [6.07, 6.45) is 0.940. The van der Waals surface area contributed by atoms with E-state index in [2.05, 4.69) is 6.92 Å². The van der Waals surface area contributed by atoms with Gasteiger partial charge in [0.1, 0.15) is 12.4 Å². The minimum Gasteiger partial charge on any atom is -0.489 e. The molecule has 104 valence electrons. The molecule has 0 saturated heterocycles. The van der Waals surface area contributed by atoms with Gasteiger partial charge >= 0.3 is 0 Å². The first-order valence-corrected chi connectivity index (χ1v) is 6.62. The first kappa shape index (κ1) is 14.3. The van der Waals surface area contributed by atoms with E-state index in [-0.39, 0.29) is 12.3 Å². The number of ether oxygens (including phenoxy) is 1. The Morgan fingerprint density at radius 3 is 2.70 bits per heavy atom. The summed E-state index contributed by atoms with van der Waals surface area (Å²) in [6.45, 7) is 2.36. The lowest BCUT2D eigenvalue weighted by Gasteiger charge is -2.08. The molecule has 0 amide bonds. The van der Waals surface area contributed by atoms with Crippen LogP contribution in [0.3, 0.4) is 0 Å². The van der Waals surface area contributed by atoms with Gasteiger partial charge in [0.05, 0.1) is 9.95 Å². The number of rotatable bonds is 5. The first-order valence-electron chi connectivity index (χ1n) is 6.24. The topological polar surface area (TPSA) is 52.4 Å². The van der Waals surface area contributed by atoms with Gasteiger partial charge in [-0.3, -0.25) is 10.1 Å². The quantitative estimate of drug-likeness (QED) is 0.606. The van der Waals surface area contributed by atoms with E-state index in [1.165, 1.54) is 17.7 Å². The summed E-state index contributed by atoms with van der Waals surface area (Å²) in [4.78, 5) is 10.2. The molecule has 0 saturated carbocycles. The van der Waals surface area contributed by atoms with Crippen molar-refractivity contribution < 1.29 is 9.66 Å². The minimum atomic E-state index is -0.471. The van der Waals surface area contributed by atoms with Gasteiger partial charge in [0.25, 0.3) is 5.69 Å². The Morgan fingerprint density at radius 2 is 2.05 bits per heavy atom. The van der Waals surface area contributed by atoms with E-state index in [4.69, 9.17) is 16.3 Å². The van der Waals surface area contributed by atoms with Crippen molar-refractivity contribution in [2.45, 2.75) is 20.0 Å². The van der Waals surface area contributed by atoms with E-state index < -0.39 is 4.92 Å². The molecule has 0 radical (unpaired) electrons. The number of nitro groups is 1. The predicted molar refractivity (Wildman–Crippen MR) is 78.3 cm³/mol. The molecule has 20 heavy (non-hydrogen) atoms. The standard InChI is InChI=1S/C15H14ClNO3/c1-2-11-4-3-5-14(8-11)20-10-12-6-7-13(17(18)19)9-15(12)16/h3-9H,2,10H2,1H3. The highest BCUT2D eigenvalue weighted by molar-refractivity contribution is 6.31. The molecule has 0 atom stereocenters. The number of nitrogens with zero attached hydrogens (tertiary/aromatic N) is 1. The maximum absolute atomic E-state index is 10.6. The predicted octanol–water partition coefficient (Wildman–Crippen LogP) is 4.39. The van der Waals surface area contributed by atoms with Gasteiger partial charge < -0.3 is 4.74 Å². The number of hydrogen-bond donors (Lipinski definition) is 0. The van der Waals surface area contributed by atoms with Gasteiger partial charge in [0.15, 0.2) is 0 Å². The molecule has 2 aromatic carbocycles. The Labute approximate surface area is 122 Å². The highest BCUT2D eigenvalue weighted by Gasteiger charge is 2.09. The average Bonchev–Trinajstić information content (AvgIpc) is 2.46. The van der Waals surface area contributed by atoms with E-state index in [0.29, 0.717) is 5.02 Å². The highest BCUT2D eigenvalue weighted by Crippen LogP contribution is 2.24. The van der Waals surface area contributed by atoms with Crippen LogP contribution in [0.4, 0.5) is 5.69 Å². The summed E-state index contributed by atoms with van der Waals surface area (Å²) >= 11 is 6.01. The van der Waals surface area contributed by atoms with Gasteiger partial charge in [-0.05, 0) is 30.2 Å². The smallest absolute Gasteiger partial charge is 0.270 e. The Morgan fingerprint density at radius 1 is 1.25 bits per heavy atom. The Bertz CT molecular complexity index is 628. The van der Waals surface area contributed by atoms with Crippen LogP contribution in [0.2, 0.25) is 5.02 Å². The van der Waals surface area contributed by atoms with Crippen molar-refractivity contribution in [3.05, 3.63) is 68.7 Å². The lowest BCUT2D eigenvalue weighted by atomic mass is 10.1. The molecule has 0 aromatic heterocycles. The monoisotopic (exact) mass is 291 g/mol. The van der Waals surface area contributed by atoms with Crippen LogP contribution in [-0.2, 0) is 13.0 Å². The number of aryl methyl sites for hydroxylation is 1. The second-order valence-electron chi connectivity index (χ2n) is 4.32. The van der Waals surface area contributed by atoms with Gasteiger partial charge in [0, 0.05) is 17.7 Å². The summed E-state index contributed by atoms with van der Waals surface area (Å²) in [5.74, 6) is 0.763. The summed E-state index contributed by atoms with van der Waals surface area (Å²) in [5.41, 5.74) is 1.89. The van der Waals surface area contributed by atoms with Crippen LogP contribution >= 0.6 is 11.6 Å². The molecule has 0 fully saturated rings. The molecule has 5 heteroatoms. The fourth-order valence-electron chi connectivity index (χ4n) is 1.78. The molecule has 2 rings (SSSR count). The van der Waals surface area contributed by atoms with Crippen LogP contribution in [0.15, 0.2) is 42.5 Å². The molecule has 0 aliphatic carbocycles.